The second kappa shape index (κ2) is 5.75. The maximum absolute atomic E-state index is 5.79. The van der Waals surface area contributed by atoms with Gasteiger partial charge in [-0.2, -0.15) is 0 Å². The Bertz CT molecular complexity index is 321. The highest BCUT2D eigenvalue weighted by Gasteiger charge is 2.15. The van der Waals surface area contributed by atoms with E-state index >= 15 is 0 Å². The predicted octanol–water partition coefficient (Wildman–Crippen LogP) is 2.22. The monoisotopic (exact) mass is 221 g/mol. The Hall–Kier alpha value is -1.22. The van der Waals surface area contributed by atoms with Crippen molar-refractivity contribution in [2.45, 2.75) is 25.8 Å². The van der Waals surface area contributed by atoms with Crippen LogP contribution in [0.5, 0.6) is 11.5 Å². The molecule has 1 unspecified atom stereocenters. The van der Waals surface area contributed by atoms with Gasteiger partial charge in [-0.05, 0) is 38.4 Å². The third kappa shape index (κ3) is 2.89. The molecule has 0 saturated carbocycles. The largest absolute Gasteiger partial charge is 0.490 e. The minimum absolute atomic E-state index is 0.495. The molecular weight excluding hydrogens is 202 g/mol. The first-order valence-corrected chi connectivity index (χ1v) is 5.98. The normalized spacial score (nSPS) is 19.7. The third-order valence-electron chi connectivity index (χ3n) is 2.75. The quantitative estimate of drug-likeness (QED) is 0.827. The molecule has 1 heterocycles. The zero-order valence-corrected chi connectivity index (χ0v) is 9.74. The molecule has 0 aliphatic carbocycles. The van der Waals surface area contributed by atoms with Crippen LogP contribution in [-0.4, -0.2) is 25.8 Å². The van der Waals surface area contributed by atoms with Crippen LogP contribution < -0.4 is 14.8 Å². The lowest BCUT2D eigenvalue weighted by Gasteiger charge is -2.14. The molecule has 2 rings (SSSR count). The summed E-state index contributed by atoms with van der Waals surface area (Å²) in [6.45, 7) is 4.49. The first-order chi connectivity index (χ1) is 7.90. The zero-order chi connectivity index (χ0) is 11.2. The molecule has 88 valence electrons. The van der Waals surface area contributed by atoms with E-state index in [2.05, 4.69) is 5.32 Å². The van der Waals surface area contributed by atoms with E-state index in [1.807, 2.05) is 31.2 Å². The van der Waals surface area contributed by atoms with Crippen LogP contribution >= 0.6 is 0 Å². The van der Waals surface area contributed by atoms with E-state index in [-0.39, 0.29) is 0 Å². The molecule has 1 aromatic rings. The lowest BCUT2D eigenvalue weighted by molar-refractivity contribution is 0.253. The van der Waals surface area contributed by atoms with E-state index < -0.39 is 0 Å². The average molecular weight is 221 g/mol. The molecule has 16 heavy (non-hydrogen) atoms. The smallest absolute Gasteiger partial charge is 0.161 e. The van der Waals surface area contributed by atoms with Crippen molar-refractivity contribution < 1.29 is 9.47 Å². The molecule has 3 nitrogen and oxygen atoms in total. The number of benzene rings is 1. The van der Waals surface area contributed by atoms with Gasteiger partial charge in [-0.15, -0.1) is 0 Å². The van der Waals surface area contributed by atoms with Crippen LogP contribution in [0.1, 0.15) is 19.8 Å². The molecule has 3 heteroatoms. The highest BCUT2D eigenvalue weighted by Crippen LogP contribution is 2.26. The van der Waals surface area contributed by atoms with Crippen LogP contribution in [0.25, 0.3) is 0 Å². The Kier molecular flexibility index (Phi) is 4.05. The van der Waals surface area contributed by atoms with Gasteiger partial charge in [-0.1, -0.05) is 12.1 Å². The Morgan fingerprint density at radius 1 is 1.25 bits per heavy atom. The van der Waals surface area contributed by atoms with Gasteiger partial charge in [0.25, 0.3) is 0 Å². The zero-order valence-electron chi connectivity index (χ0n) is 9.74. The highest BCUT2D eigenvalue weighted by molar-refractivity contribution is 5.39. The minimum atomic E-state index is 0.495. The second-order valence-electron chi connectivity index (χ2n) is 3.98. The van der Waals surface area contributed by atoms with E-state index in [1.54, 1.807) is 0 Å². The number of nitrogens with one attached hydrogen (secondary N) is 1. The second-order valence-corrected chi connectivity index (χ2v) is 3.98. The molecule has 1 aliphatic rings. The van der Waals surface area contributed by atoms with Crippen molar-refractivity contribution in [2.75, 3.05) is 19.8 Å². The summed E-state index contributed by atoms with van der Waals surface area (Å²) in [7, 11) is 0. The summed E-state index contributed by atoms with van der Waals surface area (Å²) in [5.41, 5.74) is 0. The highest BCUT2D eigenvalue weighted by atomic mass is 16.5. The van der Waals surface area contributed by atoms with Gasteiger partial charge < -0.3 is 14.8 Å². The molecule has 1 N–H and O–H groups in total. The van der Waals surface area contributed by atoms with Crippen molar-refractivity contribution in [2.24, 2.45) is 0 Å². The summed E-state index contributed by atoms with van der Waals surface area (Å²) in [6.07, 6.45) is 2.46. The standard InChI is InChI=1S/C13H19NO2/c1-2-15-12-7-3-4-8-13(12)16-10-11-6-5-9-14-11/h3-4,7-8,11,14H,2,5-6,9-10H2,1H3. The molecular formula is C13H19NO2. The fraction of sp³-hybridized carbons (Fsp3) is 0.538. The molecule has 1 atom stereocenters. The first-order valence-electron chi connectivity index (χ1n) is 5.98. The molecule has 1 aliphatic heterocycles. The van der Waals surface area contributed by atoms with Gasteiger partial charge in [0.1, 0.15) is 6.61 Å². The van der Waals surface area contributed by atoms with Crippen molar-refractivity contribution in [3.63, 3.8) is 0 Å². The molecule has 0 spiro atoms. The van der Waals surface area contributed by atoms with Gasteiger partial charge in [0.2, 0.25) is 0 Å². The average Bonchev–Trinajstić information content (AvgIpc) is 2.81. The van der Waals surface area contributed by atoms with Crippen LogP contribution in [0.15, 0.2) is 24.3 Å². The first kappa shape index (κ1) is 11.3. The Labute approximate surface area is 96.8 Å². The van der Waals surface area contributed by atoms with Gasteiger partial charge in [0.15, 0.2) is 11.5 Å². The summed E-state index contributed by atoms with van der Waals surface area (Å²) >= 11 is 0. The van der Waals surface area contributed by atoms with Crippen LogP contribution in [0.3, 0.4) is 0 Å². The maximum atomic E-state index is 5.79. The van der Waals surface area contributed by atoms with Crippen molar-refractivity contribution in [1.82, 2.24) is 5.32 Å². The van der Waals surface area contributed by atoms with Crippen LogP contribution in [0.4, 0.5) is 0 Å². The van der Waals surface area contributed by atoms with Crippen molar-refractivity contribution >= 4 is 0 Å². The fourth-order valence-corrected chi connectivity index (χ4v) is 1.93. The summed E-state index contributed by atoms with van der Waals surface area (Å²) in [4.78, 5) is 0. The summed E-state index contributed by atoms with van der Waals surface area (Å²) in [5, 5.41) is 3.41. The molecule has 1 fully saturated rings. The number of hydrogen-bond donors (Lipinski definition) is 1. The Balaban J connectivity index is 1.91. The van der Waals surface area contributed by atoms with E-state index in [0.717, 1.165) is 24.7 Å². The van der Waals surface area contributed by atoms with E-state index in [1.165, 1.54) is 12.8 Å². The topological polar surface area (TPSA) is 30.5 Å². The predicted molar refractivity (Wildman–Crippen MR) is 64.1 cm³/mol. The van der Waals surface area contributed by atoms with Crippen LogP contribution in [0.2, 0.25) is 0 Å². The van der Waals surface area contributed by atoms with E-state index in [0.29, 0.717) is 12.6 Å². The van der Waals surface area contributed by atoms with Crippen molar-refractivity contribution in [3.8, 4) is 11.5 Å². The number of para-hydroxylation sites is 2. The molecule has 0 amide bonds. The van der Waals surface area contributed by atoms with Gasteiger partial charge in [0, 0.05) is 6.04 Å². The van der Waals surface area contributed by atoms with Gasteiger partial charge in [-0.3, -0.25) is 0 Å². The molecule has 0 aromatic heterocycles. The van der Waals surface area contributed by atoms with Gasteiger partial charge in [0.05, 0.1) is 6.61 Å². The molecule has 0 radical (unpaired) electrons. The SMILES string of the molecule is CCOc1ccccc1OCC1CCCN1. The minimum Gasteiger partial charge on any atom is -0.490 e. The van der Waals surface area contributed by atoms with Crippen LogP contribution in [0, 0.1) is 0 Å². The Morgan fingerprint density at radius 3 is 2.62 bits per heavy atom. The van der Waals surface area contributed by atoms with Crippen molar-refractivity contribution in [3.05, 3.63) is 24.3 Å². The summed E-state index contributed by atoms with van der Waals surface area (Å²) in [6, 6.07) is 8.33. The fourth-order valence-electron chi connectivity index (χ4n) is 1.93. The maximum Gasteiger partial charge on any atom is 0.161 e. The summed E-state index contributed by atoms with van der Waals surface area (Å²) < 4.78 is 11.3. The molecule has 0 bridgehead atoms. The third-order valence-corrected chi connectivity index (χ3v) is 2.75. The number of rotatable bonds is 5. The lowest BCUT2D eigenvalue weighted by Crippen LogP contribution is -2.28. The summed E-state index contributed by atoms with van der Waals surface area (Å²) in [5.74, 6) is 1.68. The number of ether oxygens (including phenoxy) is 2. The number of hydrogen-bond acceptors (Lipinski definition) is 3. The molecule has 1 saturated heterocycles. The lowest BCUT2D eigenvalue weighted by atomic mass is 10.2. The molecule has 1 aromatic carbocycles. The van der Waals surface area contributed by atoms with Crippen LogP contribution in [-0.2, 0) is 0 Å². The van der Waals surface area contributed by atoms with Gasteiger partial charge >= 0.3 is 0 Å². The van der Waals surface area contributed by atoms with E-state index in [9.17, 15) is 0 Å². The Morgan fingerprint density at radius 2 is 2.00 bits per heavy atom. The van der Waals surface area contributed by atoms with Gasteiger partial charge in [-0.25, -0.2) is 0 Å². The van der Waals surface area contributed by atoms with E-state index in [4.69, 9.17) is 9.47 Å². The van der Waals surface area contributed by atoms with Crippen molar-refractivity contribution in [1.29, 1.82) is 0 Å².